The Bertz CT molecular complexity index is 1470. The van der Waals surface area contributed by atoms with E-state index >= 15 is 0 Å². The highest BCUT2D eigenvalue weighted by atomic mass is 32.2. The number of amides is 1. The number of nitrogens with one attached hydrogen (secondary N) is 1. The highest BCUT2D eigenvalue weighted by Crippen LogP contribution is 2.29. The molecule has 13 heteroatoms. The molecule has 42 heavy (non-hydrogen) atoms. The van der Waals surface area contributed by atoms with E-state index in [1.807, 2.05) is 19.9 Å². The average molecular weight is 599 g/mol. The molecular formula is C29H34N4O8S. The minimum absolute atomic E-state index is 0.0575. The van der Waals surface area contributed by atoms with Crippen LogP contribution in [0.4, 0.5) is 10.5 Å². The molecule has 12 nitrogen and oxygen atoms in total. The van der Waals surface area contributed by atoms with Crippen LogP contribution in [-0.2, 0) is 16.4 Å². The first-order valence-electron chi connectivity index (χ1n) is 13.3. The number of nitro benzene ring substituents is 1. The zero-order valence-corrected chi connectivity index (χ0v) is 24.2. The minimum Gasteiger partial charge on any atom is -0.469 e. The number of rotatable bonds is 15. The maximum Gasteiger partial charge on any atom is 0.413 e. The smallest absolute Gasteiger partial charge is 0.413 e. The van der Waals surface area contributed by atoms with Crippen molar-refractivity contribution in [3.63, 3.8) is 0 Å². The van der Waals surface area contributed by atoms with E-state index in [2.05, 4.69) is 11.4 Å². The Kier molecular flexibility index (Phi) is 11.2. The van der Waals surface area contributed by atoms with Crippen LogP contribution in [0.1, 0.15) is 38.7 Å². The monoisotopic (exact) mass is 598 g/mol. The summed E-state index contributed by atoms with van der Waals surface area (Å²) in [6, 6.07) is 16.3. The molecule has 2 atom stereocenters. The second-order valence-corrected chi connectivity index (χ2v) is 12.5. The van der Waals surface area contributed by atoms with Gasteiger partial charge in [-0.2, -0.15) is 9.57 Å². The number of hydrogen-bond donors (Lipinski definition) is 2. The van der Waals surface area contributed by atoms with Crippen molar-refractivity contribution < 1.29 is 32.4 Å². The summed E-state index contributed by atoms with van der Waals surface area (Å²) in [5.41, 5.74) is -0.238. The van der Waals surface area contributed by atoms with Gasteiger partial charge in [0.2, 0.25) is 10.0 Å². The molecule has 0 unspecified atom stereocenters. The zero-order chi connectivity index (χ0) is 30.8. The highest BCUT2D eigenvalue weighted by Gasteiger charge is 2.35. The third-order valence-corrected chi connectivity index (χ3v) is 8.38. The van der Waals surface area contributed by atoms with Crippen molar-refractivity contribution in [2.45, 2.75) is 56.6 Å². The molecule has 0 saturated heterocycles. The minimum atomic E-state index is -4.34. The van der Waals surface area contributed by atoms with Crippen LogP contribution >= 0.6 is 0 Å². The number of aliphatic hydroxyl groups is 1. The molecule has 0 aliphatic heterocycles. The summed E-state index contributed by atoms with van der Waals surface area (Å²) in [5, 5.41) is 34.4. The normalized spacial score (nSPS) is 13.2. The number of carbonyl (C=O) groups excluding carboxylic acids is 1. The van der Waals surface area contributed by atoms with Crippen molar-refractivity contribution in [3.8, 4) is 11.8 Å². The third kappa shape index (κ3) is 9.41. The fourth-order valence-electron chi connectivity index (χ4n) is 4.44. The summed E-state index contributed by atoms with van der Waals surface area (Å²) in [6.07, 6.45) is 1.77. The molecule has 0 bridgehead atoms. The SMILES string of the molecule is CC(C)(CCCC#N)CN(C[C@H](O)[C@H](Cc1ccccc1)NC(=O)Oc1ccoc1)S(=O)(=O)c1cccc([N+](=O)[O-])c1. The molecule has 2 aromatic carbocycles. The van der Waals surface area contributed by atoms with Gasteiger partial charge in [-0.15, -0.1) is 0 Å². The third-order valence-electron chi connectivity index (χ3n) is 6.58. The number of ether oxygens (including phenoxy) is 1. The molecule has 0 radical (unpaired) electrons. The Labute approximate surface area is 244 Å². The Morgan fingerprint density at radius 3 is 2.60 bits per heavy atom. The molecule has 0 aliphatic carbocycles. The first-order chi connectivity index (χ1) is 19.9. The molecule has 0 saturated carbocycles. The van der Waals surface area contributed by atoms with Crippen LogP contribution in [0.5, 0.6) is 5.75 Å². The van der Waals surface area contributed by atoms with Crippen LogP contribution in [0, 0.1) is 26.9 Å². The lowest BCUT2D eigenvalue weighted by molar-refractivity contribution is -0.385. The summed E-state index contributed by atoms with van der Waals surface area (Å²) in [7, 11) is -4.34. The van der Waals surface area contributed by atoms with E-state index in [0.717, 1.165) is 15.9 Å². The van der Waals surface area contributed by atoms with Crippen LogP contribution in [0.3, 0.4) is 0 Å². The fourth-order valence-corrected chi connectivity index (χ4v) is 6.13. The number of nitriles is 1. The van der Waals surface area contributed by atoms with Gasteiger partial charge in [-0.1, -0.05) is 50.2 Å². The van der Waals surface area contributed by atoms with Gasteiger partial charge in [0, 0.05) is 37.7 Å². The van der Waals surface area contributed by atoms with Gasteiger partial charge in [-0.05, 0) is 36.3 Å². The number of furan rings is 1. The lowest BCUT2D eigenvalue weighted by atomic mass is 9.87. The van der Waals surface area contributed by atoms with Gasteiger partial charge in [0.1, 0.15) is 6.26 Å². The largest absolute Gasteiger partial charge is 0.469 e. The molecule has 0 spiro atoms. The number of unbranched alkanes of at least 4 members (excludes halogenated alkanes) is 1. The van der Waals surface area contributed by atoms with E-state index in [4.69, 9.17) is 14.4 Å². The Hall–Kier alpha value is -4.25. The van der Waals surface area contributed by atoms with E-state index < -0.39 is 50.8 Å². The lowest BCUT2D eigenvalue weighted by Crippen LogP contribution is -2.52. The van der Waals surface area contributed by atoms with Gasteiger partial charge in [0.15, 0.2) is 5.75 Å². The van der Waals surface area contributed by atoms with Crippen molar-refractivity contribution in [1.29, 1.82) is 5.26 Å². The highest BCUT2D eigenvalue weighted by molar-refractivity contribution is 7.89. The number of nitrogens with zero attached hydrogens (tertiary/aromatic N) is 3. The quantitative estimate of drug-likeness (QED) is 0.143. The molecule has 3 aromatic rings. The second kappa shape index (κ2) is 14.6. The lowest BCUT2D eigenvalue weighted by Gasteiger charge is -2.35. The van der Waals surface area contributed by atoms with E-state index in [9.17, 15) is 28.4 Å². The van der Waals surface area contributed by atoms with Crippen molar-refractivity contribution in [1.82, 2.24) is 9.62 Å². The first-order valence-corrected chi connectivity index (χ1v) is 14.7. The molecule has 224 valence electrons. The Balaban J connectivity index is 1.93. The van der Waals surface area contributed by atoms with Crippen LogP contribution in [0.25, 0.3) is 0 Å². The van der Waals surface area contributed by atoms with E-state index in [0.29, 0.717) is 19.3 Å². The molecule has 1 heterocycles. The summed E-state index contributed by atoms with van der Waals surface area (Å²) in [6.45, 7) is 3.19. The summed E-state index contributed by atoms with van der Waals surface area (Å²) in [5.74, 6) is 0.148. The van der Waals surface area contributed by atoms with Crippen LogP contribution in [0.15, 0.2) is 82.5 Å². The van der Waals surface area contributed by atoms with Crippen LogP contribution < -0.4 is 10.1 Å². The number of carbonyl (C=O) groups is 1. The predicted molar refractivity (Wildman–Crippen MR) is 153 cm³/mol. The van der Waals surface area contributed by atoms with Crippen LogP contribution in [-0.4, -0.2) is 54.1 Å². The fraction of sp³-hybridized carbons (Fsp3) is 0.379. The molecule has 1 amide bonds. The van der Waals surface area contributed by atoms with Gasteiger partial charge < -0.3 is 19.6 Å². The summed E-state index contributed by atoms with van der Waals surface area (Å²) < 4.78 is 39.0. The van der Waals surface area contributed by atoms with Gasteiger partial charge in [0.25, 0.3) is 5.69 Å². The number of non-ortho nitro benzene ring substituents is 1. The topological polar surface area (TPSA) is 176 Å². The molecule has 2 N–H and O–H groups in total. The first kappa shape index (κ1) is 32.3. The van der Waals surface area contributed by atoms with Crippen molar-refractivity contribution in [3.05, 3.63) is 88.9 Å². The molecule has 0 fully saturated rings. The van der Waals surface area contributed by atoms with E-state index in [1.165, 1.54) is 36.8 Å². The van der Waals surface area contributed by atoms with Crippen molar-refractivity contribution in [2.24, 2.45) is 5.41 Å². The second-order valence-electron chi connectivity index (χ2n) is 10.6. The number of benzene rings is 2. The number of hydrogen-bond acceptors (Lipinski definition) is 9. The van der Waals surface area contributed by atoms with E-state index in [1.54, 1.807) is 24.3 Å². The molecular weight excluding hydrogens is 564 g/mol. The van der Waals surface area contributed by atoms with Crippen LogP contribution in [0.2, 0.25) is 0 Å². The van der Waals surface area contributed by atoms with Gasteiger partial charge in [0.05, 0.1) is 34.3 Å². The molecule has 0 aliphatic rings. The number of nitro groups is 1. The van der Waals surface area contributed by atoms with Gasteiger partial charge in [-0.25, -0.2) is 13.2 Å². The molecule has 1 aromatic heterocycles. The zero-order valence-electron chi connectivity index (χ0n) is 23.4. The average Bonchev–Trinajstić information content (AvgIpc) is 3.45. The predicted octanol–water partition coefficient (Wildman–Crippen LogP) is 4.66. The van der Waals surface area contributed by atoms with Gasteiger partial charge in [-0.3, -0.25) is 10.1 Å². The maximum absolute atomic E-state index is 13.9. The summed E-state index contributed by atoms with van der Waals surface area (Å²) in [4.78, 5) is 23.1. The Morgan fingerprint density at radius 2 is 1.95 bits per heavy atom. The maximum atomic E-state index is 13.9. The van der Waals surface area contributed by atoms with Crippen molar-refractivity contribution in [2.75, 3.05) is 13.1 Å². The van der Waals surface area contributed by atoms with E-state index in [-0.39, 0.29) is 23.6 Å². The van der Waals surface area contributed by atoms with Gasteiger partial charge >= 0.3 is 6.09 Å². The molecule has 3 rings (SSSR count). The van der Waals surface area contributed by atoms with Crippen molar-refractivity contribution >= 4 is 21.8 Å². The standard InChI is InChI=1S/C29H34N4O8S/c1-29(2,14-6-7-15-30)21-32(42(38,39)25-12-8-11-23(18-25)33(36)37)19-27(34)26(17-22-9-4-3-5-10-22)31-28(35)41-24-13-16-40-20-24/h3-5,8-13,16,18,20,26-27,34H,6-7,14,17,19,21H2,1-2H3,(H,31,35)/t26-,27-/m0/s1. The number of aliphatic hydroxyl groups excluding tert-OH is 1. The number of sulfonamides is 1. The summed E-state index contributed by atoms with van der Waals surface area (Å²) >= 11 is 0. The Morgan fingerprint density at radius 1 is 1.21 bits per heavy atom.